The molecule has 0 aliphatic carbocycles. The normalized spacial score (nSPS) is 11.7. The van der Waals surface area contributed by atoms with Crippen LogP contribution in [0.1, 0.15) is 42.3 Å². The van der Waals surface area contributed by atoms with Crippen LogP contribution < -0.4 is 10.6 Å². The highest BCUT2D eigenvalue weighted by molar-refractivity contribution is 7.80. The van der Waals surface area contributed by atoms with Gasteiger partial charge >= 0.3 is 0 Å². The number of rotatable bonds is 5. The first-order chi connectivity index (χ1) is 13.9. The predicted molar refractivity (Wildman–Crippen MR) is 123 cm³/mol. The molecule has 2 N–H and O–H groups in total. The Morgan fingerprint density at radius 3 is 2.62 bits per heavy atom. The van der Waals surface area contributed by atoms with Crippen molar-refractivity contribution < 1.29 is 9.21 Å². The number of thiocarbonyl (C=S) groups is 1. The summed E-state index contributed by atoms with van der Waals surface area (Å²) >= 11 is 17.4. The summed E-state index contributed by atoms with van der Waals surface area (Å²) in [5.41, 5.74) is 2.67. The fourth-order valence-electron chi connectivity index (χ4n) is 2.87. The Kier molecular flexibility index (Phi) is 6.96. The Balaban J connectivity index is 1.70. The van der Waals surface area contributed by atoms with Crippen molar-refractivity contribution >= 4 is 52.1 Å². The third kappa shape index (κ3) is 5.18. The summed E-state index contributed by atoms with van der Waals surface area (Å²) in [6.45, 7) is 4.28. The molecule has 7 heteroatoms. The first-order valence-corrected chi connectivity index (χ1v) is 10.3. The maximum atomic E-state index is 12.5. The van der Waals surface area contributed by atoms with Crippen LogP contribution >= 0.6 is 35.4 Å². The van der Waals surface area contributed by atoms with Crippen LogP contribution in [-0.2, 0) is 0 Å². The van der Waals surface area contributed by atoms with Crippen LogP contribution in [0.4, 0.5) is 5.69 Å². The number of carbonyl (C=O) groups excluding carboxylic acids is 1. The zero-order chi connectivity index (χ0) is 21.0. The van der Waals surface area contributed by atoms with E-state index in [1.54, 1.807) is 30.3 Å². The standard InChI is InChI=1S/C22H20Cl2N2O2S/c1-3-13(2)15-6-4-5-7-18(15)25-22(29)26-21(27)20-11-10-19(28-20)16-9-8-14(23)12-17(16)24/h4-13H,3H2,1-2H3,(H2,25,26,27,29)/t13-/m1/s1. The minimum absolute atomic E-state index is 0.130. The van der Waals surface area contributed by atoms with Crippen molar-refractivity contribution in [2.75, 3.05) is 5.32 Å². The number of para-hydroxylation sites is 1. The highest BCUT2D eigenvalue weighted by atomic mass is 35.5. The smallest absolute Gasteiger partial charge is 0.293 e. The summed E-state index contributed by atoms with van der Waals surface area (Å²) in [4.78, 5) is 12.5. The second kappa shape index (κ2) is 9.44. The van der Waals surface area contributed by atoms with E-state index in [1.807, 2.05) is 18.2 Å². The van der Waals surface area contributed by atoms with E-state index >= 15 is 0 Å². The van der Waals surface area contributed by atoms with Crippen LogP contribution in [0.3, 0.4) is 0 Å². The Hall–Kier alpha value is -2.34. The van der Waals surface area contributed by atoms with Crippen LogP contribution in [0.5, 0.6) is 0 Å². The molecule has 1 aromatic heterocycles. The molecule has 0 bridgehead atoms. The van der Waals surface area contributed by atoms with Gasteiger partial charge in [-0.2, -0.15) is 0 Å². The average Bonchev–Trinajstić information content (AvgIpc) is 3.17. The van der Waals surface area contributed by atoms with Crippen LogP contribution in [-0.4, -0.2) is 11.0 Å². The van der Waals surface area contributed by atoms with Gasteiger partial charge in [0.05, 0.1) is 5.02 Å². The van der Waals surface area contributed by atoms with Crippen molar-refractivity contribution in [3.63, 3.8) is 0 Å². The van der Waals surface area contributed by atoms with Crippen molar-refractivity contribution in [2.24, 2.45) is 0 Å². The lowest BCUT2D eigenvalue weighted by atomic mass is 9.97. The van der Waals surface area contributed by atoms with Gasteiger partial charge in [-0.3, -0.25) is 10.1 Å². The zero-order valence-electron chi connectivity index (χ0n) is 16.0. The number of benzene rings is 2. The van der Waals surface area contributed by atoms with E-state index in [1.165, 1.54) is 0 Å². The summed E-state index contributed by atoms with van der Waals surface area (Å²) in [6.07, 6.45) is 1.00. The van der Waals surface area contributed by atoms with Gasteiger partial charge in [-0.1, -0.05) is 55.2 Å². The average molecular weight is 447 g/mol. The number of furan rings is 1. The Bertz CT molecular complexity index is 1050. The zero-order valence-corrected chi connectivity index (χ0v) is 18.3. The van der Waals surface area contributed by atoms with E-state index in [0.717, 1.165) is 17.7 Å². The van der Waals surface area contributed by atoms with Gasteiger partial charge in [-0.25, -0.2) is 0 Å². The molecule has 0 fully saturated rings. The molecule has 0 aliphatic heterocycles. The molecular formula is C22H20Cl2N2O2S. The molecule has 0 saturated carbocycles. The molecule has 2 aromatic carbocycles. The van der Waals surface area contributed by atoms with Crippen LogP contribution in [0, 0.1) is 0 Å². The van der Waals surface area contributed by atoms with Gasteiger partial charge in [0.1, 0.15) is 5.76 Å². The van der Waals surface area contributed by atoms with Crippen molar-refractivity contribution in [2.45, 2.75) is 26.2 Å². The molecule has 3 rings (SSSR count). The molecule has 1 heterocycles. The minimum Gasteiger partial charge on any atom is -0.451 e. The second-order valence-electron chi connectivity index (χ2n) is 6.59. The molecule has 0 saturated heterocycles. The van der Waals surface area contributed by atoms with E-state index in [2.05, 4.69) is 30.5 Å². The maximum absolute atomic E-state index is 12.5. The molecule has 0 spiro atoms. The molecular weight excluding hydrogens is 427 g/mol. The van der Waals surface area contributed by atoms with Crippen LogP contribution in [0.15, 0.2) is 59.0 Å². The van der Waals surface area contributed by atoms with Gasteiger partial charge in [0, 0.05) is 16.3 Å². The van der Waals surface area contributed by atoms with Crippen LogP contribution in [0.25, 0.3) is 11.3 Å². The first-order valence-electron chi connectivity index (χ1n) is 9.15. The number of amides is 1. The summed E-state index contributed by atoms with van der Waals surface area (Å²) in [5, 5.41) is 6.92. The number of halogens is 2. The second-order valence-corrected chi connectivity index (χ2v) is 7.84. The third-order valence-electron chi connectivity index (χ3n) is 4.61. The Labute approximate surface area is 185 Å². The van der Waals surface area contributed by atoms with Gasteiger partial charge in [-0.05, 0) is 66.5 Å². The number of carbonyl (C=O) groups is 1. The topological polar surface area (TPSA) is 54.3 Å². The van der Waals surface area contributed by atoms with Gasteiger partial charge in [-0.15, -0.1) is 0 Å². The SMILES string of the molecule is CC[C@@H](C)c1ccccc1NC(=S)NC(=O)c1ccc(-c2ccc(Cl)cc2Cl)o1. The molecule has 3 aromatic rings. The molecule has 1 amide bonds. The number of anilines is 1. The van der Waals surface area contributed by atoms with E-state index in [4.69, 9.17) is 39.8 Å². The Morgan fingerprint density at radius 1 is 1.14 bits per heavy atom. The summed E-state index contributed by atoms with van der Waals surface area (Å²) in [6, 6.07) is 16.2. The molecule has 0 aliphatic rings. The molecule has 4 nitrogen and oxygen atoms in total. The highest BCUT2D eigenvalue weighted by Crippen LogP contribution is 2.31. The predicted octanol–water partition coefficient (Wildman–Crippen LogP) is 6.89. The van der Waals surface area contributed by atoms with Gasteiger partial charge in [0.25, 0.3) is 5.91 Å². The Morgan fingerprint density at radius 2 is 1.90 bits per heavy atom. The fraction of sp³-hybridized carbons (Fsp3) is 0.182. The van der Waals surface area contributed by atoms with Crippen molar-refractivity contribution in [1.29, 1.82) is 0 Å². The third-order valence-corrected chi connectivity index (χ3v) is 5.36. The lowest BCUT2D eigenvalue weighted by molar-refractivity contribution is 0.0951. The molecule has 0 radical (unpaired) electrons. The minimum atomic E-state index is -0.445. The number of hydrogen-bond donors (Lipinski definition) is 2. The summed E-state index contributed by atoms with van der Waals surface area (Å²) in [7, 11) is 0. The van der Waals surface area contributed by atoms with Crippen molar-refractivity contribution in [1.82, 2.24) is 5.32 Å². The lowest BCUT2D eigenvalue weighted by Gasteiger charge is -2.16. The van der Waals surface area contributed by atoms with E-state index in [0.29, 0.717) is 27.3 Å². The van der Waals surface area contributed by atoms with Crippen LogP contribution in [0.2, 0.25) is 10.0 Å². The lowest BCUT2D eigenvalue weighted by Crippen LogP contribution is -2.34. The molecule has 150 valence electrons. The fourth-order valence-corrected chi connectivity index (χ4v) is 3.58. The number of hydrogen-bond acceptors (Lipinski definition) is 3. The number of nitrogens with one attached hydrogen (secondary N) is 2. The molecule has 1 atom stereocenters. The van der Waals surface area contributed by atoms with Gasteiger partial charge in [0.2, 0.25) is 0 Å². The van der Waals surface area contributed by atoms with Gasteiger partial charge in [0.15, 0.2) is 10.9 Å². The van der Waals surface area contributed by atoms with Crippen molar-refractivity contribution in [3.05, 3.63) is 76.0 Å². The summed E-state index contributed by atoms with van der Waals surface area (Å²) in [5.74, 6) is 0.525. The molecule has 0 unspecified atom stereocenters. The molecule has 29 heavy (non-hydrogen) atoms. The van der Waals surface area contributed by atoms with Gasteiger partial charge < -0.3 is 9.73 Å². The maximum Gasteiger partial charge on any atom is 0.293 e. The van der Waals surface area contributed by atoms with E-state index in [-0.39, 0.29) is 10.9 Å². The van der Waals surface area contributed by atoms with Crippen molar-refractivity contribution in [3.8, 4) is 11.3 Å². The summed E-state index contributed by atoms with van der Waals surface area (Å²) < 4.78 is 5.66. The van der Waals surface area contributed by atoms with E-state index in [9.17, 15) is 4.79 Å². The monoisotopic (exact) mass is 446 g/mol. The highest BCUT2D eigenvalue weighted by Gasteiger charge is 2.16. The van der Waals surface area contributed by atoms with E-state index < -0.39 is 5.91 Å². The largest absolute Gasteiger partial charge is 0.451 e. The first kappa shape index (κ1) is 21.4. The quantitative estimate of drug-likeness (QED) is 0.418.